The number of fused-ring (bicyclic) bond motifs is 1. The van der Waals surface area contributed by atoms with Crippen molar-refractivity contribution in [3.05, 3.63) is 66.4 Å². The van der Waals surface area contributed by atoms with E-state index in [1.807, 2.05) is 30.3 Å². The molecule has 0 saturated carbocycles. The van der Waals surface area contributed by atoms with Crippen molar-refractivity contribution in [1.29, 1.82) is 0 Å². The molecule has 7 heteroatoms. The fourth-order valence-electron chi connectivity index (χ4n) is 2.69. The van der Waals surface area contributed by atoms with E-state index in [2.05, 4.69) is 10.5 Å². The number of hydrogen-bond donors (Lipinski definition) is 1. The number of methoxy groups -OCH3 is 1. The Hall–Kier alpha value is -3.74. The maximum Gasteiger partial charge on any atom is 0.258 e. The van der Waals surface area contributed by atoms with Gasteiger partial charge in [0.05, 0.1) is 13.7 Å². The summed E-state index contributed by atoms with van der Waals surface area (Å²) < 4.78 is 21.6. The van der Waals surface area contributed by atoms with Gasteiger partial charge in [0, 0.05) is 17.5 Å². The Balaban J connectivity index is 1.32. The van der Waals surface area contributed by atoms with Gasteiger partial charge in [-0.3, -0.25) is 4.79 Å². The van der Waals surface area contributed by atoms with Gasteiger partial charge in [-0.2, -0.15) is 0 Å². The first-order chi connectivity index (χ1) is 13.7. The standard InChI is InChI=1S/C21H18N2O5/c1-25-16-6-4-7-17(11-16)26-13-21(24)22-12-15-10-20(28-23-15)19-9-14-5-2-3-8-18(14)27-19/h2-11H,12-13H2,1H3,(H,22,24). The Bertz CT molecular complexity index is 1070. The highest BCUT2D eigenvalue weighted by atomic mass is 16.5. The van der Waals surface area contributed by atoms with Crippen molar-refractivity contribution in [2.75, 3.05) is 13.7 Å². The van der Waals surface area contributed by atoms with Crippen LogP contribution < -0.4 is 14.8 Å². The average molecular weight is 378 g/mol. The van der Waals surface area contributed by atoms with E-state index in [-0.39, 0.29) is 19.1 Å². The number of nitrogens with one attached hydrogen (secondary N) is 1. The van der Waals surface area contributed by atoms with Gasteiger partial charge in [-0.15, -0.1) is 0 Å². The number of para-hydroxylation sites is 1. The molecular weight excluding hydrogens is 360 g/mol. The Labute approximate surface area is 160 Å². The predicted octanol–water partition coefficient (Wildman–Crippen LogP) is 3.79. The Morgan fingerprint density at radius 1 is 1.04 bits per heavy atom. The maximum absolute atomic E-state index is 12.0. The minimum atomic E-state index is -0.267. The van der Waals surface area contributed by atoms with Gasteiger partial charge in [-0.25, -0.2) is 0 Å². The summed E-state index contributed by atoms with van der Waals surface area (Å²) >= 11 is 0. The van der Waals surface area contributed by atoms with Crippen molar-refractivity contribution < 1.29 is 23.2 Å². The second kappa shape index (κ2) is 7.87. The molecule has 7 nitrogen and oxygen atoms in total. The SMILES string of the molecule is COc1cccc(OCC(=O)NCc2cc(-c3cc4ccccc4o3)on2)c1. The molecule has 2 aromatic heterocycles. The zero-order valence-electron chi connectivity index (χ0n) is 15.2. The number of carbonyl (C=O) groups excluding carboxylic acids is 1. The Morgan fingerprint density at radius 2 is 1.89 bits per heavy atom. The fourth-order valence-corrected chi connectivity index (χ4v) is 2.69. The van der Waals surface area contributed by atoms with Crippen molar-refractivity contribution >= 4 is 16.9 Å². The highest BCUT2D eigenvalue weighted by Crippen LogP contribution is 2.28. The lowest BCUT2D eigenvalue weighted by molar-refractivity contribution is -0.123. The van der Waals surface area contributed by atoms with E-state index in [1.165, 1.54) is 0 Å². The van der Waals surface area contributed by atoms with E-state index in [9.17, 15) is 4.79 Å². The van der Waals surface area contributed by atoms with Gasteiger partial charge in [0.25, 0.3) is 5.91 Å². The second-order valence-electron chi connectivity index (χ2n) is 6.08. The van der Waals surface area contributed by atoms with Crippen LogP contribution in [0.3, 0.4) is 0 Å². The smallest absolute Gasteiger partial charge is 0.258 e. The number of ether oxygens (including phenoxy) is 2. The molecule has 142 valence electrons. The van der Waals surface area contributed by atoms with E-state index in [0.717, 1.165) is 11.0 Å². The minimum absolute atomic E-state index is 0.110. The van der Waals surface area contributed by atoms with Crippen LogP contribution >= 0.6 is 0 Å². The van der Waals surface area contributed by atoms with Crippen molar-refractivity contribution in [3.8, 4) is 23.0 Å². The largest absolute Gasteiger partial charge is 0.497 e. The fraction of sp³-hybridized carbons (Fsp3) is 0.143. The Kier molecular flexibility index (Phi) is 4.97. The van der Waals surface area contributed by atoms with Gasteiger partial charge in [-0.1, -0.05) is 29.4 Å². The van der Waals surface area contributed by atoms with Crippen LogP contribution in [0.5, 0.6) is 11.5 Å². The molecule has 0 aliphatic rings. The monoisotopic (exact) mass is 378 g/mol. The molecule has 28 heavy (non-hydrogen) atoms. The zero-order chi connectivity index (χ0) is 19.3. The lowest BCUT2D eigenvalue weighted by atomic mass is 10.2. The lowest BCUT2D eigenvalue weighted by Crippen LogP contribution is -2.28. The van der Waals surface area contributed by atoms with Crippen LogP contribution in [0.2, 0.25) is 0 Å². The number of benzene rings is 2. The number of aromatic nitrogens is 1. The van der Waals surface area contributed by atoms with Gasteiger partial charge in [0.1, 0.15) is 22.8 Å². The molecule has 0 saturated heterocycles. The molecule has 0 radical (unpaired) electrons. The van der Waals surface area contributed by atoms with Crippen LogP contribution in [-0.2, 0) is 11.3 Å². The van der Waals surface area contributed by atoms with Crippen LogP contribution in [-0.4, -0.2) is 24.8 Å². The highest BCUT2D eigenvalue weighted by molar-refractivity contribution is 5.81. The van der Waals surface area contributed by atoms with Crippen molar-refractivity contribution in [1.82, 2.24) is 10.5 Å². The summed E-state index contributed by atoms with van der Waals surface area (Å²) in [7, 11) is 1.57. The van der Waals surface area contributed by atoms with Gasteiger partial charge < -0.3 is 23.7 Å². The zero-order valence-corrected chi connectivity index (χ0v) is 15.2. The normalized spacial score (nSPS) is 10.8. The molecular formula is C21H18N2O5. The lowest BCUT2D eigenvalue weighted by Gasteiger charge is -2.07. The van der Waals surface area contributed by atoms with Crippen LogP contribution in [0.4, 0.5) is 0 Å². The number of nitrogens with zero attached hydrogens (tertiary/aromatic N) is 1. The quantitative estimate of drug-likeness (QED) is 0.526. The Morgan fingerprint density at radius 3 is 2.75 bits per heavy atom. The third-order valence-corrected chi connectivity index (χ3v) is 4.11. The third-order valence-electron chi connectivity index (χ3n) is 4.11. The van der Waals surface area contributed by atoms with Gasteiger partial charge in [0.2, 0.25) is 5.76 Å². The summed E-state index contributed by atoms with van der Waals surface area (Å²) in [6.07, 6.45) is 0. The van der Waals surface area contributed by atoms with Gasteiger partial charge in [-0.05, 0) is 24.3 Å². The summed E-state index contributed by atoms with van der Waals surface area (Å²) in [5, 5.41) is 7.69. The molecule has 0 fully saturated rings. The summed E-state index contributed by atoms with van der Waals surface area (Å²) in [4.78, 5) is 12.0. The first-order valence-electron chi connectivity index (χ1n) is 8.69. The van der Waals surface area contributed by atoms with Crippen LogP contribution in [0.25, 0.3) is 22.5 Å². The van der Waals surface area contributed by atoms with E-state index >= 15 is 0 Å². The molecule has 2 heterocycles. The van der Waals surface area contributed by atoms with Crippen LogP contribution in [0, 0.1) is 0 Å². The molecule has 1 N–H and O–H groups in total. The third kappa shape index (κ3) is 3.98. The first-order valence-corrected chi connectivity index (χ1v) is 8.69. The number of carbonyl (C=O) groups is 1. The number of amides is 1. The number of furan rings is 1. The molecule has 0 atom stereocenters. The summed E-state index contributed by atoms with van der Waals surface area (Å²) in [5.41, 5.74) is 1.36. The van der Waals surface area contributed by atoms with Crippen molar-refractivity contribution in [3.63, 3.8) is 0 Å². The van der Waals surface area contributed by atoms with E-state index < -0.39 is 0 Å². The molecule has 1 amide bonds. The highest BCUT2D eigenvalue weighted by Gasteiger charge is 2.13. The first kappa shape index (κ1) is 17.7. The minimum Gasteiger partial charge on any atom is -0.497 e. The molecule has 2 aromatic carbocycles. The summed E-state index contributed by atoms with van der Waals surface area (Å²) in [6, 6.07) is 18.4. The van der Waals surface area contributed by atoms with E-state index in [0.29, 0.717) is 28.7 Å². The molecule has 0 unspecified atom stereocenters. The summed E-state index contributed by atoms with van der Waals surface area (Å²) in [5.74, 6) is 2.05. The van der Waals surface area contributed by atoms with Crippen molar-refractivity contribution in [2.24, 2.45) is 0 Å². The van der Waals surface area contributed by atoms with E-state index in [1.54, 1.807) is 37.4 Å². The molecule has 0 bridgehead atoms. The van der Waals surface area contributed by atoms with Crippen LogP contribution in [0.1, 0.15) is 5.69 Å². The topological polar surface area (TPSA) is 86.7 Å². The van der Waals surface area contributed by atoms with Gasteiger partial charge in [0.15, 0.2) is 12.4 Å². The molecule has 0 aliphatic carbocycles. The number of rotatable bonds is 7. The average Bonchev–Trinajstić information content (AvgIpc) is 3.37. The molecule has 4 rings (SSSR count). The van der Waals surface area contributed by atoms with Crippen LogP contribution in [0.15, 0.2) is 69.6 Å². The van der Waals surface area contributed by atoms with E-state index in [4.69, 9.17) is 18.4 Å². The van der Waals surface area contributed by atoms with Crippen molar-refractivity contribution in [2.45, 2.75) is 6.54 Å². The molecule has 4 aromatic rings. The van der Waals surface area contributed by atoms with Gasteiger partial charge >= 0.3 is 0 Å². The predicted molar refractivity (Wildman–Crippen MR) is 102 cm³/mol. The summed E-state index contributed by atoms with van der Waals surface area (Å²) in [6.45, 7) is 0.117. The molecule has 0 aliphatic heterocycles. The molecule has 0 spiro atoms. The second-order valence-corrected chi connectivity index (χ2v) is 6.08. The number of hydrogen-bond acceptors (Lipinski definition) is 6. The maximum atomic E-state index is 12.0.